The zero-order valence-electron chi connectivity index (χ0n) is 20.3. The van der Waals surface area contributed by atoms with Crippen molar-refractivity contribution in [2.24, 2.45) is 0 Å². The third kappa shape index (κ3) is 20.2. The first-order chi connectivity index (χ1) is 13.9. The summed E-state index contributed by atoms with van der Waals surface area (Å²) in [5.41, 5.74) is 0.576. The fraction of sp³-hybridized carbons (Fsp3) is 0.885. The molecule has 0 aromatic rings. The Balaban J connectivity index is 3.36. The lowest BCUT2D eigenvalue weighted by atomic mass is 9.98. The zero-order valence-corrected chi connectivity index (χ0v) is 20.3. The molecular formula is C26H51NO2. The first-order valence-electron chi connectivity index (χ1n) is 12.5. The van der Waals surface area contributed by atoms with E-state index in [1.807, 2.05) is 0 Å². The summed E-state index contributed by atoms with van der Waals surface area (Å²) in [7, 11) is 0. The maximum absolute atomic E-state index is 11.4. The van der Waals surface area contributed by atoms with Gasteiger partial charge in [-0.1, -0.05) is 97.0 Å². The van der Waals surface area contributed by atoms with Gasteiger partial charge in [-0.05, 0) is 46.6 Å². The normalized spacial score (nSPS) is 11.6. The monoisotopic (exact) mass is 409 g/mol. The van der Waals surface area contributed by atoms with Crippen LogP contribution in [0.15, 0.2) is 12.2 Å². The Labute approximate surface area is 182 Å². The van der Waals surface area contributed by atoms with Gasteiger partial charge in [0.2, 0.25) is 0 Å². The van der Waals surface area contributed by atoms with Gasteiger partial charge in [-0.2, -0.15) is 0 Å². The molecule has 0 aliphatic carbocycles. The van der Waals surface area contributed by atoms with E-state index in [0.29, 0.717) is 12.2 Å². The number of rotatable bonds is 21. The average molecular weight is 410 g/mol. The van der Waals surface area contributed by atoms with E-state index in [0.717, 1.165) is 19.4 Å². The maximum atomic E-state index is 11.4. The van der Waals surface area contributed by atoms with Crippen LogP contribution in [-0.2, 0) is 9.53 Å². The van der Waals surface area contributed by atoms with Gasteiger partial charge in [0.05, 0.1) is 6.61 Å². The van der Waals surface area contributed by atoms with Gasteiger partial charge in [0.15, 0.2) is 0 Å². The molecule has 3 nitrogen and oxygen atoms in total. The zero-order chi connectivity index (χ0) is 21.8. The molecule has 0 aliphatic rings. The highest BCUT2D eigenvalue weighted by atomic mass is 16.5. The Bertz CT molecular complexity index is 404. The first-order valence-corrected chi connectivity index (χ1v) is 12.5. The molecule has 29 heavy (non-hydrogen) atoms. The molecule has 3 heteroatoms. The SMILES string of the molecule is C=C(C)C(=O)OCCCC(C)(C)NCCCCCCCCCCCCCCCC. The predicted molar refractivity (Wildman–Crippen MR) is 127 cm³/mol. The number of unbranched alkanes of at least 4 members (excludes halogenated alkanes) is 13. The van der Waals surface area contributed by atoms with Crippen LogP contribution in [0, 0.1) is 0 Å². The van der Waals surface area contributed by atoms with Gasteiger partial charge in [0.1, 0.15) is 0 Å². The van der Waals surface area contributed by atoms with E-state index in [1.54, 1.807) is 6.92 Å². The third-order valence-electron chi connectivity index (χ3n) is 5.66. The third-order valence-corrected chi connectivity index (χ3v) is 5.66. The van der Waals surface area contributed by atoms with Crippen LogP contribution in [0.3, 0.4) is 0 Å². The Hall–Kier alpha value is -0.830. The minimum Gasteiger partial charge on any atom is -0.462 e. The van der Waals surface area contributed by atoms with Crippen LogP contribution in [0.4, 0.5) is 0 Å². The summed E-state index contributed by atoms with van der Waals surface area (Å²) in [5.74, 6) is -0.279. The van der Waals surface area contributed by atoms with Crippen molar-refractivity contribution >= 4 is 5.97 Å². The van der Waals surface area contributed by atoms with Crippen molar-refractivity contribution in [3.05, 3.63) is 12.2 Å². The maximum Gasteiger partial charge on any atom is 0.333 e. The standard InChI is InChI=1S/C26H51NO2/c1-6-7-8-9-10-11-12-13-14-15-16-17-18-19-22-27-26(4,5)21-20-23-29-25(28)24(2)3/h27H,2,6-23H2,1,3-5H3. The molecular weight excluding hydrogens is 358 g/mol. The van der Waals surface area contributed by atoms with Crippen LogP contribution in [0.1, 0.15) is 130 Å². The van der Waals surface area contributed by atoms with E-state index >= 15 is 0 Å². The molecule has 172 valence electrons. The second kappa shape index (κ2) is 19.2. The molecule has 0 aromatic carbocycles. The lowest BCUT2D eigenvalue weighted by Gasteiger charge is -2.26. The number of ether oxygens (including phenoxy) is 1. The van der Waals surface area contributed by atoms with E-state index < -0.39 is 0 Å². The molecule has 0 aromatic heterocycles. The Morgan fingerprint density at radius 3 is 1.69 bits per heavy atom. The van der Waals surface area contributed by atoms with Crippen molar-refractivity contribution in [2.75, 3.05) is 13.2 Å². The molecule has 1 N–H and O–H groups in total. The molecule has 0 radical (unpaired) electrons. The molecule has 0 saturated carbocycles. The predicted octanol–water partition coefficient (Wildman–Crippen LogP) is 7.74. The second-order valence-corrected chi connectivity index (χ2v) is 9.43. The second-order valence-electron chi connectivity index (χ2n) is 9.43. The molecule has 0 atom stereocenters. The number of hydrogen-bond donors (Lipinski definition) is 1. The van der Waals surface area contributed by atoms with Gasteiger partial charge in [-0.25, -0.2) is 4.79 Å². The largest absolute Gasteiger partial charge is 0.462 e. The molecule has 0 fully saturated rings. The quantitative estimate of drug-likeness (QED) is 0.120. The van der Waals surface area contributed by atoms with Gasteiger partial charge >= 0.3 is 5.97 Å². The average Bonchev–Trinajstić information content (AvgIpc) is 2.68. The van der Waals surface area contributed by atoms with Crippen LogP contribution in [0.5, 0.6) is 0 Å². The van der Waals surface area contributed by atoms with Crippen molar-refractivity contribution in [3.8, 4) is 0 Å². The Morgan fingerprint density at radius 2 is 1.24 bits per heavy atom. The summed E-state index contributed by atoms with van der Waals surface area (Å²) >= 11 is 0. The Morgan fingerprint density at radius 1 is 0.793 bits per heavy atom. The summed E-state index contributed by atoms with van der Waals surface area (Å²) in [5, 5.41) is 3.66. The first kappa shape index (κ1) is 28.2. The van der Waals surface area contributed by atoms with Crippen molar-refractivity contribution in [2.45, 2.75) is 136 Å². The molecule has 0 bridgehead atoms. The summed E-state index contributed by atoms with van der Waals surface area (Å²) in [4.78, 5) is 11.4. The Kier molecular flexibility index (Phi) is 18.6. The number of esters is 1. The van der Waals surface area contributed by atoms with E-state index in [4.69, 9.17) is 4.74 Å². The van der Waals surface area contributed by atoms with Crippen molar-refractivity contribution in [1.29, 1.82) is 0 Å². The minimum atomic E-state index is -0.279. The summed E-state index contributed by atoms with van der Waals surface area (Å²) in [6.07, 6.45) is 21.5. The number of carbonyl (C=O) groups is 1. The van der Waals surface area contributed by atoms with Gasteiger partial charge in [-0.3, -0.25) is 0 Å². The van der Waals surface area contributed by atoms with Crippen molar-refractivity contribution in [1.82, 2.24) is 5.32 Å². The number of carbonyl (C=O) groups excluding carboxylic acids is 1. The highest BCUT2D eigenvalue weighted by molar-refractivity contribution is 5.86. The fourth-order valence-electron chi connectivity index (χ4n) is 3.64. The van der Waals surface area contributed by atoms with E-state index in [9.17, 15) is 4.79 Å². The lowest BCUT2D eigenvalue weighted by Crippen LogP contribution is -2.40. The summed E-state index contributed by atoms with van der Waals surface area (Å²) < 4.78 is 5.16. The topological polar surface area (TPSA) is 38.3 Å². The van der Waals surface area contributed by atoms with Gasteiger partial charge < -0.3 is 10.1 Å². The molecule has 0 aliphatic heterocycles. The number of nitrogens with one attached hydrogen (secondary N) is 1. The number of hydrogen-bond acceptors (Lipinski definition) is 3. The lowest BCUT2D eigenvalue weighted by molar-refractivity contribution is -0.139. The van der Waals surface area contributed by atoms with Crippen LogP contribution in [0.2, 0.25) is 0 Å². The van der Waals surface area contributed by atoms with E-state index in [1.165, 1.54) is 89.9 Å². The van der Waals surface area contributed by atoms with E-state index in [-0.39, 0.29) is 11.5 Å². The molecule has 0 saturated heterocycles. The molecule has 0 unspecified atom stereocenters. The fourth-order valence-corrected chi connectivity index (χ4v) is 3.64. The van der Waals surface area contributed by atoms with E-state index in [2.05, 4.69) is 32.7 Å². The van der Waals surface area contributed by atoms with Crippen LogP contribution in [-0.4, -0.2) is 24.7 Å². The van der Waals surface area contributed by atoms with Gasteiger partial charge in [-0.15, -0.1) is 0 Å². The highest BCUT2D eigenvalue weighted by Gasteiger charge is 2.16. The van der Waals surface area contributed by atoms with Crippen molar-refractivity contribution < 1.29 is 9.53 Å². The molecule has 0 amide bonds. The van der Waals surface area contributed by atoms with Crippen LogP contribution in [0.25, 0.3) is 0 Å². The molecule has 0 rings (SSSR count). The van der Waals surface area contributed by atoms with Crippen LogP contribution >= 0.6 is 0 Å². The smallest absolute Gasteiger partial charge is 0.333 e. The minimum absolute atomic E-state index is 0.103. The summed E-state index contributed by atoms with van der Waals surface area (Å²) in [6.45, 7) is 13.6. The van der Waals surface area contributed by atoms with Crippen LogP contribution < -0.4 is 5.32 Å². The molecule has 0 spiro atoms. The summed E-state index contributed by atoms with van der Waals surface area (Å²) in [6, 6.07) is 0. The highest BCUT2D eigenvalue weighted by Crippen LogP contribution is 2.14. The van der Waals surface area contributed by atoms with Gasteiger partial charge in [0.25, 0.3) is 0 Å². The molecule has 0 heterocycles. The van der Waals surface area contributed by atoms with Gasteiger partial charge in [0, 0.05) is 11.1 Å². The van der Waals surface area contributed by atoms with Crippen molar-refractivity contribution in [3.63, 3.8) is 0 Å².